The number of benzene rings is 1. The van der Waals surface area contributed by atoms with Crippen LogP contribution in [0.5, 0.6) is 0 Å². The fourth-order valence-electron chi connectivity index (χ4n) is 3.60. The highest BCUT2D eigenvalue weighted by molar-refractivity contribution is 5.85. The Morgan fingerprint density at radius 2 is 1.67 bits per heavy atom. The first-order valence-corrected chi connectivity index (χ1v) is 9.85. The smallest absolute Gasteiger partial charge is 0.320 e. The van der Waals surface area contributed by atoms with Crippen LogP contribution < -0.4 is 0 Å². The number of urea groups is 1. The van der Waals surface area contributed by atoms with Gasteiger partial charge in [0.05, 0.1) is 0 Å². The van der Waals surface area contributed by atoms with Crippen molar-refractivity contribution in [1.82, 2.24) is 19.6 Å². The number of halogens is 1. The highest BCUT2D eigenvalue weighted by atomic mass is 19.1. The zero-order valence-electron chi connectivity index (χ0n) is 16.1. The van der Waals surface area contributed by atoms with E-state index in [9.17, 15) is 14.0 Å². The number of rotatable bonds is 7. The van der Waals surface area contributed by atoms with E-state index in [0.717, 1.165) is 38.3 Å². The van der Waals surface area contributed by atoms with Crippen molar-refractivity contribution >= 4 is 11.9 Å². The summed E-state index contributed by atoms with van der Waals surface area (Å²) in [5.74, 6) is -0.254. The molecule has 148 valence electrons. The van der Waals surface area contributed by atoms with Crippen LogP contribution in [0.3, 0.4) is 0 Å². The first-order chi connectivity index (χ1) is 13.1. The lowest BCUT2D eigenvalue weighted by atomic mass is 10.2. The number of amides is 3. The molecule has 2 aliphatic heterocycles. The van der Waals surface area contributed by atoms with Gasteiger partial charge in [-0.3, -0.25) is 9.69 Å². The van der Waals surface area contributed by atoms with Crippen molar-refractivity contribution < 1.29 is 14.0 Å². The van der Waals surface area contributed by atoms with Crippen molar-refractivity contribution in [1.29, 1.82) is 0 Å². The Morgan fingerprint density at radius 3 is 2.33 bits per heavy atom. The molecule has 2 heterocycles. The quantitative estimate of drug-likeness (QED) is 0.731. The second-order valence-electron chi connectivity index (χ2n) is 7.33. The molecule has 0 N–H and O–H groups in total. The molecule has 0 aliphatic carbocycles. The van der Waals surface area contributed by atoms with Gasteiger partial charge in [-0.05, 0) is 30.7 Å². The molecule has 0 saturated carbocycles. The lowest BCUT2D eigenvalue weighted by molar-refractivity contribution is -0.133. The highest BCUT2D eigenvalue weighted by Crippen LogP contribution is 2.14. The van der Waals surface area contributed by atoms with E-state index >= 15 is 0 Å². The first-order valence-electron chi connectivity index (χ1n) is 9.85. The van der Waals surface area contributed by atoms with E-state index in [0.29, 0.717) is 19.6 Å². The fourth-order valence-corrected chi connectivity index (χ4v) is 3.60. The van der Waals surface area contributed by atoms with Gasteiger partial charge in [0.1, 0.15) is 12.4 Å². The summed E-state index contributed by atoms with van der Waals surface area (Å²) in [6.45, 7) is 8.33. The standard InChI is InChI=1S/C20H29FN4O2/c1-2-3-8-22-9-11-23(12-10-22)19(26)16-25-14-13-24(20(25)27)15-17-4-6-18(21)7-5-17/h4-7H,2-3,8-16H2,1H3. The average molecular weight is 376 g/mol. The Balaban J connectivity index is 1.45. The normalized spacial score (nSPS) is 18.4. The zero-order chi connectivity index (χ0) is 19.2. The molecule has 27 heavy (non-hydrogen) atoms. The maximum atomic E-state index is 13.0. The molecule has 2 fully saturated rings. The molecule has 3 amide bonds. The minimum Gasteiger partial charge on any atom is -0.339 e. The molecule has 0 spiro atoms. The summed E-state index contributed by atoms with van der Waals surface area (Å²) in [6.07, 6.45) is 2.38. The van der Waals surface area contributed by atoms with Crippen molar-refractivity contribution in [3.05, 3.63) is 35.6 Å². The summed E-state index contributed by atoms with van der Waals surface area (Å²) in [6, 6.07) is 6.06. The van der Waals surface area contributed by atoms with Crippen LogP contribution in [0.1, 0.15) is 25.3 Å². The lowest BCUT2D eigenvalue weighted by Gasteiger charge is -2.35. The van der Waals surface area contributed by atoms with Gasteiger partial charge in [-0.25, -0.2) is 9.18 Å². The van der Waals surface area contributed by atoms with Gasteiger partial charge in [0.2, 0.25) is 5.91 Å². The maximum Gasteiger partial charge on any atom is 0.320 e. The van der Waals surface area contributed by atoms with E-state index < -0.39 is 0 Å². The summed E-state index contributed by atoms with van der Waals surface area (Å²) in [5, 5.41) is 0. The van der Waals surface area contributed by atoms with Crippen LogP contribution in [-0.4, -0.2) is 83.9 Å². The monoisotopic (exact) mass is 376 g/mol. The Hall–Kier alpha value is -2.15. The van der Waals surface area contributed by atoms with Crippen molar-refractivity contribution in [2.75, 3.05) is 52.4 Å². The topological polar surface area (TPSA) is 47.1 Å². The fraction of sp³-hybridized carbons (Fsp3) is 0.600. The van der Waals surface area contributed by atoms with Crippen LogP contribution in [0.2, 0.25) is 0 Å². The summed E-state index contributed by atoms with van der Waals surface area (Å²) in [4.78, 5) is 32.7. The number of piperazine rings is 1. The van der Waals surface area contributed by atoms with Gasteiger partial charge in [-0.1, -0.05) is 25.5 Å². The molecule has 0 unspecified atom stereocenters. The minimum absolute atomic E-state index is 0.0297. The molecule has 3 rings (SSSR count). The number of nitrogens with zero attached hydrogens (tertiary/aromatic N) is 4. The minimum atomic E-state index is -0.284. The molecule has 0 aromatic heterocycles. The molecular formula is C20H29FN4O2. The maximum absolute atomic E-state index is 13.0. The third kappa shape index (κ3) is 5.19. The van der Waals surface area contributed by atoms with E-state index in [4.69, 9.17) is 0 Å². The summed E-state index contributed by atoms with van der Waals surface area (Å²) in [5.41, 5.74) is 0.890. The van der Waals surface area contributed by atoms with E-state index in [1.165, 1.54) is 25.0 Å². The Bertz CT molecular complexity index is 644. The van der Waals surface area contributed by atoms with E-state index in [1.54, 1.807) is 21.9 Å². The molecule has 2 aliphatic rings. The van der Waals surface area contributed by atoms with Gasteiger partial charge in [0.25, 0.3) is 0 Å². The van der Waals surface area contributed by atoms with E-state index in [-0.39, 0.29) is 24.3 Å². The van der Waals surface area contributed by atoms with Gasteiger partial charge >= 0.3 is 6.03 Å². The van der Waals surface area contributed by atoms with E-state index in [2.05, 4.69) is 11.8 Å². The third-order valence-electron chi connectivity index (χ3n) is 5.35. The summed E-state index contributed by atoms with van der Waals surface area (Å²) >= 11 is 0. The molecule has 7 heteroatoms. The SMILES string of the molecule is CCCCN1CCN(C(=O)CN2CCN(Cc3ccc(F)cc3)C2=O)CC1. The van der Waals surface area contributed by atoms with Gasteiger partial charge < -0.3 is 14.7 Å². The van der Waals surface area contributed by atoms with Crippen LogP contribution in [0.25, 0.3) is 0 Å². The average Bonchev–Trinajstić information content (AvgIpc) is 3.02. The number of carbonyl (C=O) groups excluding carboxylic acids is 2. The predicted octanol–water partition coefficient (Wildman–Crippen LogP) is 2.01. The number of hydrogen-bond acceptors (Lipinski definition) is 3. The second kappa shape index (κ2) is 9.17. The molecule has 1 aromatic carbocycles. The number of hydrogen-bond donors (Lipinski definition) is 0. The Morgan fingerprint density at radius 1 is 1.00 bits per heavy atom. The van der Waals surface area contributed by atoms with Gasteiger partial charge in [-0.15, -0.1) is 0 Å². The van der Waals surface area contributed by atoms with Crippen molar-refractivity contribution in [2.45, 2.75) is 26.3 Å². The summed E-state index contributed by atoms with van der Waals surface area (Å²) < 4.78 is 13.0. The number of unbranched alkanes of at least 4 members (excludes halogenated alkanes) is 1. The Kier molecular flexibility index (Phi) is 6.66. The Labute approximate surface area is 160 Å². The van der Waals surface area contributed by atoms with Crippen molar-refractivity contribution in [3.8, 4) is 0 Å². The molecule has 2 saturated heterocycles. The largest absolute Gasteiger partial charge is 0.339 e. The predicted molar refractivity (Wildman–Crippen MR) is 102 cm³/mol. The first kappa shape index (κ1) is 19.6. The van der Waals surface area contributed by atoms with Crippen LogP contribution in [0, 0.1) is 5.82 Å². The molecule has 0 radical (unpaired) electrons. The van der Waals surface area contributed by atoms with Crippen LogP contribution >= 0.6 is 0 Å². The molecule has 1 aromatic rings. The van der Waals surface area contributed by atoms with Gasteiger partial charge in [0, 0.05) is 45.8 Å². The second-order valence-corrected chi connectivity index (χ2v) is 7.33. The van der Waals surface area contributed by atoms with Crippen LogP contribution in [0.4, 0.5) is 9.18 Å². The molecule has 0 atom stereocenters. The van der Waals surface area contributed by atoms with Gasteiger partial charge in [0.15, 0.2) is 0 Å². The van der Waals surface area contributed by atoms with Crippen molar-refractivity contribution in [3.63, 3.8) is 0 Å². The zero-order valence-corrected chi connectivity index (χ0v) is 16.1. The van der Waals surface area contributed by atoms with Crippen molar-refractivity contribution in [2.24, 2.45) is 0 Å². The highest BCUT2D eigenvalue weighted by Gasteiger charge is 2.31. The van der Waals surface area contributed by atoms with Gasteiger partial charge in [-0.2, -0.15) is 0 Å². The molecular weight excluding hydrogens is 347 g/mol. The molecule has 0 bridgehead atoms. The molecule has 6 nitrogen and oxygen atoms in total. The summed E-state index contributed by atoms with van der Waals surface area (Å²) in [7, 11) is 0. The third-order valence-corrected chi connectivity index (χ3v) is 5.35. The lowest BCUT2D eigenvalue weighted by Crippen LogP contribution is -2.51. The van der Waals surface area contributed by atoms with Crippen LogP contribution in [0.15, 0.2) is 24.3 Å². The van der Waals surface area contributed by atoms with Crippen LogP contribution in [-0.2, 0) is 11.3 Å². The van der Waals surface area contributed by atoms with E-state index in [1.807, 2.05) is 4.90 Å². The number of carbonyl (C=O) groups is 2.